The van der Waals surface area contributed by atoms with E-state index in [9.17, 15) is 14.7 Å². The molecule has 0 atom stereocenters. The first-order valence-corrected chi connectivity index (χ1v) is 7.95. The van der Waals surface area contributed by atoms with Crippen LogP contribution in [0.4, 0.5) is 0 Å². The Hall–Kier alpha value is -1.06. The normalized spacial score (nSPS) is 11.3. The molecule has 0 heterocycles. The Morgan fingerprint density at radius 1 is 0.900 bits per heavy atom. The maximum Gasteiger partial charge on any atom is 0.323 e. The van der Waals surface area contributed by atoms with Crippen LogP contribution in [-0.4, -0.2) is 23.7 Å². The van der Waals surface area contributed by atoms with Gasteiger partial charge in [-0.3, -0.25) is 9.59 Å². The van der Waals surface area contributed by atoms with E-state index in [1.54, 1.807) is 13.8 Å². The smallest absolute Gasteiger partial charge is 0.323 e. The molecule has 0 saturated heterocycles. The van der Waals surface area contributed by atoms with Gasteiger partial charge in [-0.15, -0.1) is 0 Å². The fraction of sp³-hybridized carbons (Fsp3) is 0.875. The maximum absolute atomic E-state index is 11.9. The summed E-state index contributed by atoms with van der Waals surface area (Å²) >= 11 is 0. The number of carbonyl (C=O) groups excluding carboxylic acids is 1. The molecule has 0 spiro atoms. The lowest BCUT2D eigenvalue weighted by Crippen LogP contribution is -2.39. The van der Waals surface area contributed by atoms with E-state index in [2.05, 4.69) is 6.92 Å². The van der Waals surface area contributed by atoms with Crippen LogP contribution in [0.3, 0.4) is 0 Å². The van der Waals surface area contributed by atoms with Crippen LogP contribution in [0, 0.1) is 5.41 Å². The lowest BCUT2D eigenvalue weighted by Gasteiger charge is -2.24. The minimum absolute atomic E-state index is 0.273. The largest absolute Gasteiger partial charge is 0.480 e. The second-order valence-electron chi connectivity index (χ2n) is 5.35. The molecule has 118 valence electrons. The summed E-state index contributed by atoms with van der Waals surface area (Å²) in [5.74, 6) is -1.66. The van der Waals surface area contributed by atoms with Crippen molar-refractivity contribution >= 4 is 11.9 Å². The number of carbonyl (C=O) groups is 2. The van der Waals surface area contributed by atoms with Crippen molar-refractivity contribution < 1.29 is 19.4 Å². The molecular weight excluding hydrogens is 256 g/mol. The molecule has 0 aromatic carbocycles. The molecular formula is C16H30O4. The van der Waals surface area contributed by atoms with Crippen molar-refractivity contribution in [1.29, 1.82) is 0 Å². The molecule has 0 unspecified atom stereocenters. The third kappa shape index (κ3) is 5.93. The molecule has 0 aliphatic rings. The van der Waals surface area contributed by atoms with Crippen LogP contribution in [0.1, 0.15) is 78.6 Å². The van der Waals surface area contributed by atoms with Gasteiger partial charge in [-0.1, -0.05) is 59.3 Å². The fourth-order valence-corrected chi connectivity index (χ4v) is 2.29. The Labute approximate surface area is 122 Å². The third-order valence-electron chi connectivity index (χ3n) is 3.99. The first kappa shape index (κ1) is 18.9. The van der Waals surface area contributed by atoms with Gasteiger partial charge in [0.15, 0.2) is 5.41 Å². The van der Waals surface area contributed by atoms with E-state index in [4.69, 9.17) is 4.74 Å². The zero-order valence-corrected chi connectivity index (χ0v) is 13.2. The monoisotopic (exact) mass is 286 g/mol. The van der Waals surface area contributed by atoms with E-state index in [0.29, 0.717) is 6.61 Å². The molecule has 0 aromatic rings. The molecule has 20 heavy (non-hydrogen) atoms. The predicted molar refractivity (Wildman–Crippen MR) is 79.6 cm³/mol. The van der Waals surface area contributed by atoms with Gasteiger partial charge >= 0.3 is 11.9 Å². The van der Waals surface area contributed by atoms with Crippen LogP contribution in [-0.2, 0) is 14.3 Å². The minimum Gasteiger partial charge on any atom is -0.480 e. The van der Waals surface area contributed by atoms with Crippen LogP contribution < -0.4 is 0 Å². The summed E-state index contributed by atoms with van der Waals surface area (Å²) < 4.78 is 5.16. The minimum atomic E-state index is -1.36. The molecule has 0 aliphatic heterocycles. The topological polar surface area (TPSA) is 63.6 Å². The van der Waals surface area contributed by atoms with E-state index < -0.39 is 17.4 Å². The quantitative estimate of drug-likeness (QED) is 0.332. The number of hydrogen-bond acceptors (Lipinski definition) is 3. The second kappa shape index (κ2) is 10.7. The molecule has 0 aliphatic carbocycles. The molecule has 0 rings (SSSR count). The van der Waals surface area contributed by atoms with Crippen LogP contribution in [0.2, 0.25) is 0 Å². The van der Waals surface area contributed by atoms with Crippen LogP contribution in [0.15, 0.2) is 0 Å². The zero-order valence-electron chi connectivity index (χ0n) is 13.2. The van der Waals surface area contributed by atoms with Crippen LogP contribution in [0.5, 0.6) is 0 Å². The van der Waals surface area contributed by atoms with Gasteiger partial charge in [0.2, 0.25) is 0 Å². The lowest BCUT2D eigenvalue weighted by molar-refractivity contribution is -0.169. The fourth-order valence-electron chi connectivity index (χ4n) is 2.29. The van der Waals surface area contributed by atoms with Gasteiger partial charge in [0.05, 0.1) is 6.61 Å². The van der Waals surface area contributed by atoms with E-state index in [1.165, 1.54) is 25.7 Å². The summed E-state index contributed by atoms with van der Waals surface area (Å²) in [6.45, 7) is 5.95. The van der Waals surface area contributed by atoms with Crippen LogP contribution >= 0.6 is 0 Å². The highest BCUT2D eigenvalue weighted by Crippen LogP contribution is 2.28. The van der Waals surface area contributed by atoms with Gasteiger partial charge < -0.3 is 9.84 Å². The van der Waals surface area contributed by atoms with Crippen molar-refractivity contribution in [2.24, 2.45) is 5.41 Å². The van der Waals surface area contributed by atoms with Gasteiger partial charge in [0.1, 0.15) is 0 Å². The Bertz CT molecular complexity index is 282. The standard InChI is InChI=1S/C16H30O4/c1-4-7-8-9-10-11-12-13-20-15(19)16(5-2,6-3)14(17)18/h4-13H2,1-3H3,(H,17,18). The van der Waals surface area contributed by atoms with Gasteiger partial charge in [-0.25, -0.2) is 0 Å². The van der Waals surface area contributed by atoms with Gasteiger partial charge in [-0.05, 0) is 19.3 Å². The Kier molecular flexibility index (Phi) is 10.1. The number of unbranched alkanes of at least 4 members (excludes halogenated alkanes) is 6. The van der Waals surface area contributed by atoms with Crippen molar-refractivity contribution in [3.05, 3.63) is 0 Å². The highest BCUT2D eigenvalue weighted by Gasteiger charge is 2.44. The Balaban J connectivity index is 3.89. The van der Waals surface area contributed by atoms with Gasteiger partial charge in [0, 0.05) is 0 Å². The van der Waals surface area contributed by atoms with Crippen molar-refractivity contribution in [3.63, 3.8) is 0 Å². The molecule has 0 fully saturated rings. The summed E-state index contributed by atoms with van der Waals surface area (Å²) in [6.07, 6.45) is 8.57. The summed E-state index contributed by atoms with van der Waals surface area (Å²) in [5.41, 5.74) is -1.36. The van der Waals surface area contributed by atoms with Gasteiger partial charge in [0.25, 0.3) is 0 Å². The van der Waals surface area contributed by atoms with Crippen molar-refractivity contribution in [2.75, 3.05) is 6.61 Å². The molecule has 1 N–H and O–H groups in total. The first-order chi connectivity index (χ1) is 9.55. The Morgan fingerprint density at radius 3 is 1.85 bits per heavy atom. The summed E-state index contributed by atoms with van der Waals surface area (Å²) in [5, 5.41) is 9.22. The van der Waals surface area contributed by atoms with Crippen molar-refractivity contribution in [3.8, 4) is 0 Å². The van der Waals surface area contributed by atoms with E-state index in [1.807, 2.05) is 0 Å². The SMILES string of the molecule is CCCCCCCCCOC(=O)C(CC)(CC)C(=O)O. The van der Waals surface area contributed by atoms with Crippen molar-refractivity contribution in [1.82, 2.24) is 0 Å². The average molecular weight is 286 g/mol. The molecule has 0 amide bonds. The van der Waals surface area contributed by atoms with E-state index in [-0.39, 0.29) is 12.8 Å². The van der Waals surface area contributed by atoms with E-state index in [0.717, 1.165) is 19.3 Å². The molecule has 0 aromatic heterocycles. The average Bonchev–Trinajstić information content (AvgIpc) is 2.43. The first-order valence-electron chi connectivity index (χ1n) is 7.95. The molecule has 0 bridgehead atoms. The summed E-state index contributed by atoms with van der Waals surface area (Å²) in [7, 11) is 0. The number of carboxylic acids is 1. The second-order valence-corrected chi connectivity index (χ2v) is 5.35. The molecule has 4 heteroatoms. The third-order valence-corrected chi connectivity index (χ3v) is 3.99. The zero-order chi connectivity index (χ0) is 15.4. The number of ether oxygens (including phenoxy) is 1. The molecule has 4 nitrogen and oxygen atoms in total. The summed E-state index contributed by atoms with van der Waals surface area (Å²) in [4.78, 5) is 23.2. The maximum atomic E-state index is 11.9. The molecule has 0 saturated carbocycles. The highest BCUT2D eigenvalue weighted by atomic mass is 16.5. The van der Waals surface area contributed by atoms with Crippen LogP contribution in [0.25, 0.3) is 0 Å². The number of carboxylic acid groups (broad SMARTS) is 1. The predicted octanol–water partition coefficient (Wildman–Crippen LogP) is 4.17. The molecule has 0 radical (unpaired) electrons. The number of rotatable bonds is 12. The van der Waals surface area contributed by atoms with Crippen molar-refractivity contribution in [2.45, 2.75) is 78.6 Å². The number of aliphatic carboxylic acids is 1. The van der Waals surface area contributed by atoms with Gasteiger partial charge in [-0.2, -0.15) is 0 Å². The lowest BCUT2D eigenvalue weighted by atomic mass is 9.82. The summed E-state index contributed by atoms with van der Waals surface area (Å²) in [6, 6.07) is 0. The number of esters is 1. The highest BCUT2D eigenvalue weighted by molar-refractivity contribution is 5.99. The number of hydrogen-bond donors (Lipinski definition) is 1. The van der Waals surface area contributed by atoms with E-state index >= 15 is 0 Å². The Morgan fingerprint density at radius 2 is 1.40 bits per heavy atom.